The van der Waals surface area contributed by atoms with Crippen molar-refractivity contribution in [3.63, 3.8) is 0 Å². The Morgan fingerprint density at radius 1 is 1.11 bits per heavy atom. The van der Waals surface area contributed by atoms with Crippen LogP contribution in [-0.2, 0) is 21.2 Å². The number of nitrogens with zero attached hydrogens (tertiary/aromatic N) is 3. The summed E-state index contributed by atoms with van der Waals surface area (Å²) in [6.45, 7) is 7.11. The Kier molecular flexibility index (Phi) is 5.96. The summed E-state index contributed by atoms with van der Waals surface area (Å²) in [6.07, 6.45) is 0.0114. The quantitative estimate of drug-likeness (QED) is 0.747. The minimum Gasteiger partial charge on any atom is -0.360 e. The molecule has 0 radical (unpaired) electrons. The van der Waals surface area contributed by atoms with Crippen molar-refractivity contribution in [2.75, 3.05) is 31.9 Å². The second kappa shape index (κ2) is 8.22. The molecule has 1 aliphatic rings. The Balaban J connectivity index is 1.47. The fourth-order valence-corrected chi connectivity index (χ4v) is 4.34. The van der Waals surface area contributed by atoms with Gasteiger partial charge in [0.2, 0.25) is 5.91 Å². The molecule has 1 aromatic carbocycles. The van der Waals surface area contributed by atoms with Gasteiger partial charge in [0.25, 0.3) is 0 Å². The number of carbonyl (C=O) groups is 1. The number of benzene rings is 1. The van der Waals surface area contributed by atoms with Gasteiger partial charge in [0.1, 0.15) is 0 Å². The van der Waals surface area contributed by atoms with Crippen LogP contribution < -0.4 is 0 Å². The average molecular weight is 391 g/mol. The number of sulfone groups is 1. The van der Waals surface area contributed by atoms with E-state index in [9.17, 15) is 13.2 Å². The van der Waals surface area contributed by atoms with Crippen molar-refractivity contribution in [3.8, 4) is 0 Å². The van der Waals surface area contributed by atoms with Crippen LogP contribution in [0.15, 0.2) is 39.8 Å². The fraction of sp³-hybridized carbons (Fsp3) is 0.474. The van der Waals surface area contributed by atoms with Crippen molar-refractivity contribution >= 4 is 15.7 Å². The average Bonchev–Trinajstić information content (AvgIpc) is 3.05. The van der Waals surface area contributed by atoms with Crippen molar-refractivity contribution in [2.24, 2.45) is 0 Å². The first-order chi connectivity index (χ1) is 12.8. The summed E-state index contributed by atoms with van der Waals surface area (Å²) in [6, 6.07) is 8.64. The van der Waals surface area contributed by atoms with Gasteiger partial charge in [-0.3, -0.25) is 9.69 Å². The van der Waals surface area contributed by atoms with Crippen molar-refractivity contribution in [3.05, 3.63) is 47.3 Å². The maximum Gasteiger partial charge on any atom is 0.223 e. The first-order valence-corrected chi connectivity index (χ1v) is 10.7. The third-order valence-corrected chi connectivity index (χ3v) is 6.48. The first-order valence-electron chi connectivity index (χ1n) is 9.05. The standard InChI is InChI=1S/C19H25N3O4S/c1-15-3-5-18(6-4-15)27(24,25)12-7-19(23)22-10-8-21(9-11-22)14-17-13-16(2)20-26-17/h3-6,13H,7-12,14H2,1-2H3. The van der Waals surface area contributed by atoms with E-state index in [2.05, 4.69) is 10.1 Å². The SMILES string of the molecule is Cc1ccc(S(=O)(=O)CCC(=O)N2CCN(Cc3cc(C)no3)CC2)cc1. The van der Waals surface area contributed by atoms with Crippen LogP contribution in [0.5, 0.6) is 0 Å². The Labute approximate surface area is 159 Å². The van der Waals surface area contributed by atoms with E-state index in [0.29, 0.717) is 19.6 Å². The summed E-state index contributed by atoms with van der Waals surface area (Å²) in [5.74, 6) is 0.546. The summed E-state index contributed by atoms with van der Waals surface area (Å²) < 4.78 is 30.0. The zero-order valence-electron chi connectivity index (χ0n) is 15.7. The fourth-order valence-electron chi connectivity index (χ4n) is 3.11. The van der Waals surface area contributed by atoms with Crippen LogP contribution >= 0.6 is 0 Å². The molecule has 1 aromatic heterocycles. The van der Waals surface area contributed by atoms with Gasteiger partial charge in [-0.05, 0) is 26.0 Å². The van der Waals surface area contributed by atoms with E-state index in [1.807, 2.05) is 19.9 Å². The van der Waals surface area contributed by atoms with Gasteiger partial charge in [-0.2, -0.15) is 0 Å². The minimum atomic E-state index is -3.44. The predicted octanol–water partition coefficient (Wildman–Crippen LogP) is 1.80. The smallest absolute Gasteiger partial charge is 0.223 e. The third kappa shape index (κ3) is 5.17. The molecule has 0 bridgehead atoms. The van der Waals surface area contributed by atoms with Gasteiger partial charge in [-0.1, -0.05) is 22.9 Å². The molecule has 0 saturated carbocycles. The molecule has 1 aliphatic heterocycles. The number of aromatic nitrogens is 1. The molecule has 1 saturated heterocycles. The number of amides is 1. The van der Waals surface area contributed by atoms with Crippen molar-refractivity contribution in [1.29, 1.82) is 0 Å². The molecule has 2 heterocycles. The largest absolute Gasteiger partial charge is 0.360 e. The van der Waals surface area contributed by atoms with E-state index in [0.717, 1.165) is 30.1 Å². The number of carbonyl (C=O) groups excluding carboxylic acids is 1. The summed E-state index contributed by atoms with van der Waals surface area (Å²) in [5, 5.41) is 3.88. The molecular weight excluding hydrogens is 366 g/mol. The van der Waals surface area contributed by atoms with Crippen LogP contribution in [0, 0.1) is 13.8 Å². The molecule has 1 amide bonds. The summed E-state index contributed by atoms with van der Waals surface area (Å²) in [7, 11) is -3.44. The molecule has 0 spiro atoms. The lowest BCUT2D eigenvalue weighted by atomic mass is 10.2. The van der Waals surface area contributed by atoms with E-state index in [1.54, 1.807) is 29.2 Å². The van der Waals surface area contributed by atoms with Crippen LogP contribution in [0.1, 0.15) is 23.4 Å². The van der Waals surface area contributed by atoms with Gasteiger partial charge >= 0.3 is 0 Å². The van der Waals surface area contributed by atoms with E-state index in [4.69, 9.17) is 4.52 Å². The molecule has 2 aromatic rings. The molecule has 3 rings (SSSR count). The summed E-state index contributed by atoms with van der Waals surface area (Å²) in [5.41, 5.74) is 1.86. The molecule has 0 atom stereocenters. The molecule has 0 N–H and O–H groups in total. The van der Waals surface area contributed by atoms with Gasteiger partial charge in [0.15, 0.2) is 15.6 Å². The molecule has 0 aliphatic carbocycles. The minimum absolute atomic E-state index is 0.0114. The van der Waals surface area contributed by atoms with Crippen LogP contribution in [0.2, 0.25) is 0 Å². The van der Waals surface area contributed by atoms with Gasteiger partial charge in [0, 0.05) is 38.7 Å². The Morgan fingerprint density at radius 3 is 2.37 bits per heavy atom. The number of hydrogen-bond acceptors (Lipinski definition) is 6. The van der Waals surface area contributed by atoms with Gasteiger partial charge in [-0.15, -0.1) is 0 Å². The second-order valence-electron chi connectivity index (χ2n) is 6.97. The molecule has 0 unspecified atom stereocenters. The monoisotopic (exact) mass is 391 g/mol. The second-order valence-corrected chi connectivity index (χ2v) is 9.08. The highest BCUT2D eigenvalue weighted by atomic mass is 32.2. The molecule has 1 fully saturated rings. The lowest BCUT2D eigenvalue weighted by Gasteiger charge is -2.34. The van der Waals surface area contributed by atoms with Crippen molar-refractivity contribution in [2.45, 2.75) is 31.7 Å². The van der Waals surface area contributed by atoms with Gasteiger partial charge in [-0.25, -0.2) is 8.42 Å². The normalized spacial score (nSPS) is 15.9. The Hall–Kier alpha value is -2.19. The summed E-state index contributed by atoms with van der Waals surface area (Å²) in [4.78, 5) is 16.6. The van der Waals surface area contributed by atoms with E-state index >= 15 is 0 Å². The van der Waals surface area contributed by atoms with Crippen LogP contribution in [0.4, 0.5) is 0 Å². The lowest BCUT2D eigenvalue weighted by molar-refractivity contribution is -0.132. The van der Waals surface area contributed by atoms with Crippen LogP contribution in [0.3, 0.4) is 0 Å². The van der Waals surface area contributed by atoms with Crippen LogP contribution in [0.25, 0.3) is 0 Å². The summed E-state index contributed by atoms with van der Waals surface area (Å²) >= 11 is 0. The maximum absolute atomic E-state index is 12.4. The Bertz CT molecular complexity index is 882. The zero-order valence-corrected chi connectivity index (χ0v) is 16.5. The van der Waals surface area contributed by atoms with Crippen molar-refractivity contribution < 1.29 is 17.7 Å². The molecule has 27 heavy (non-hydrogen) atoms. The first kappa shape index (κ1) is 19.6. The number of aryl methyl sites for hydroxylation is 2. The topological polar surface area (TPSA) is 83.7 Å². The molecule has 146 valence electrons. The highest BCUT2D eigenvalue weighted by molar-refractivity contribution is 7.91. The van der Waals surface area contributed by atoms with Gasteiger partial charge < -0.3 is 9.42 Å². The van der Waals surface area contributed by atoms with E-state index < -0.39 is 9.84 Å². The highest BCUT2D eigenvalue weighted by Gasteiger charge is 2.24. The highest BCUT2D eigenvalue weighted by Crippen LogP contribution is 2.15. The molecular formula is C19H25N3O4S. The maximum atomic E-state index is 12.4. The Morgan fingerprint density at radius 2 is 1.78 bits per heavy atom. The molecule has 7 nitrogen and oxygen atoms in total. The van der Waals surface area contributed by atoms with Gasteiger partial charge in [0.05, 0.1) is 22.9 Å². The molecule has 8 heteroatoms. The number of hydrogen-bond donors (Lipinski definition) is 0. The number of piperazine rings is 1. The zero-order chi connectivity index (χ0) is 19.4. The predicted molar refractivity (Wildman–Crippen MR) is 101 cm³/mol. The van der Waals surface area contributed by atoms with E-state index in [1.165, 1.54) is 0 Å². The number of rotatable bonds is 6. The van der Waals surface area contributed by atoms with Crippen molar-refractivity contribution in [1.82, 2.24) is 15.0 Å². The van der Waals surface area contributed by atoms with E-state index in [-0.39, 0.29) is 23.0 Å². The third-order valence-electron chi connectivity index (χ3n) is 4.75. The van der Waals surface area contributed by atoms with Crippen LogP contribution in [-0.4, -0.2) is 61.2 Å². The lowest BCUT2D eigenvalue weighted by Crippen LogP contribution is -2.48.